The number of benzene rings is 3. The highest BCUT2D eigenvalue weighted by Crippen LogP contribution is 2.38. The minimum absolute atomic E-state index is 0.0623. The fourth-order valence-corrected chi connectivity index (χ4v) is 3.66. The van der Waals surface area contributed by atoms with Crippen LogP contribution in [0.5, 0.6) is 28.9 Å². The van der Waals surface area contributed by atoms with Crippen LogP contribution in [0.15, 0.2) is 83.9 Å². The normalized spacial score (nSPS) is 10.9. The first-order valence-corrected chi connectivity index (χ1v) is 10.6. The van der Waals surface area contributed by atoms with Gasteiger partial charge in [-0.05, 0) is 29.8 Å². The van der Waals surface area contributed by atoms with Crippen LogP contribution in [-0.4, -0.2) is 26.8 Å². The number of imidazole rings is 1. The molecule has 0 saturated heterocycles. The van der Waals surface area contributed by atoms with Crippen LogP contribution in [-0.2, 0) is 6.61 Å². The number of H-pyrrole nitrogens is 1. The predicted molar refractivity (Wildman–Crippen MR) is 127 cm³/mol. The Balaban J connectivity index is 1.45. The van der Waals surface area contributed by atoms with Crippen LogP contribution < -0.4 is 19.9 Å². The van der Waals surface area contributed by atoms with Crippen molar-refractivity contribution >= 4 is 10.9 Å². The van der Waals surface area contributed by atoms with E-state index in [0.29, 0.717) is 34.8 Å². The molecule has 0 saturated carbocycles. The van der Waals surface area contributed by atoms with Crippen LogP contribution in [0, 0.1) is 5.82 Å². The molecule has 0 spiro atoms. The second-order valence-corrected chi connectivity index (χ2v) is 7.61. The third kappa shape index (κ3) is 4.39. The molecule has 0 fully saturated rings. The van der Waals surface area contributed by atoms with Gasteiger partial charge in [-0.2, -0.15) is 0 Å². The molecule has 8 nitrogen and oxygen atoms in total. The van der Waals surface area contributed by atoms with Crippen molar-refractivity contribution in [1.29, 1.82) is 0 Å². The van der Waals surface area contributed by atoms with E-state index in [-0.39, 0.29) is 17.3 Å². The van der Waals surface area contributed by atoms with E-state index in [1.807, 2.05) is 30.3 Å². The lowest BCUT2D eigenvalue weighted by molar-refractivity contribution is 0.285. The average molecular weight is 473 g/mol. The number of ether oxygens (including phenoxy) is 3. The number of rotatable bonds is 7. The summed E-state index contributed by atoms with van der Waals surface area (Å²) >= 11 is 0. The molecule has 0 radical (unpaired) electrons. The van der Waals surface area contributed by atoms with Crippen molar-refractivity contribution in [3.05, 3.63) is 101 Å². The van der Waals surface area contributed by atoms with E-state index >= 15 is 0 Å². The summed E-state index contributed by atoms with van der Waals surface area (Å²) in [6.45, 7) is 0.357. The monoisotopic (exact) mass is 473 g/mol. The van der Waals surface area contributed by atoms with Gasteiger partial charge >= 0.3 is 5.69 Å². The molecular weight excluding hydrogens is 453 g/mol. The van der Waals surface area contributed by atoms with Crippen molar-refractivity contribution in [3.8, 4) is 34.6 Å². The van der Waals surface area contributed by atoms with Gasteiger partial charge < -0.3 is 24.3 Å². The first kappa shape index (κ1) is 22.0. The molecule has 0 aliphatic rings. The Labute approximate surface area is 198 Å². The first-order chi connectivity index (χ1) is 17.0. The molecule has 5 aromatic rings. The van der Waals surface area contributed by atoms with Gasteiger partial charge in [-0.25, -0.2) is 13.8 Å². The third-order valence-electron chi connectivity index (χ3n) is 5.37. The summed E-state index contributed by atoms with van der Waals surface area (Å²) in [5, 5.41) is 10.4. The number of aromatic hydroxyl groups is 1. The van der Waals surface area contributed by atoms with Gasteiger partial charge in [-0.1, -0.05) is 30.3 Å². The zero-order valence-electron chi connectivity index (χ0n) is 18.6. The lowest BCUT2D eigenvalue weighted by Crippen LogP contribution is -2.14. The smallest absolute Gasteiger partial charge is 0.333 e. The maximum atomic E-state index is 14.9. The summed E-state index contributed by atoms with van der Waals surface area (Å²) < 4.78 is 33.1. The number of hydrogen-bond donors (Lipinski definition) is 2. The molecule has 0 atom stereocenters. The van der Waals surface area contributed by atoms with Gasteiger partial charge in [0, 0.05) is 23.7 Å². The molecular formula is C26H20FN3O5. The zero-order chi connectivity index (χ0) is 24.4. The van der Waals surface area contributed by atoms with Crippen LogP contribution in [0.1, 0.15) is 5.56 Å². The Morgan fingerprint density at radius 3 is 2.54 bits per heavy atom. The van der Waals surface area contributed by atoms with Crippen molar-refractivity contribution in [3.63, 3.8) is 0 Å². The molecule has 176 valence electrons. The Hall–Kier alpha value is -4.79. The maximum Gasteiger partial charge on any atom is 0.333 e. The summed E-state index contributed by atoms with van der Waals surface area (Å²) in [7, 11) is 1.53. The van der Waals surface area contributed by atoms with Crippen LogP contribution in [0.3, 0.4) is 0 Å². The first-order valence-electron chi connectivity index (χ1n) is 10.6. The highest BCUT2D eigenvalue weighted by Gasteiger charge is 2.15. The number of pyridine rings is 1. The van der Waals surface area contributed by atoms with E-state index < -0.39 is 11.5 Å². The summed E-state index contributed by atoms with van der Waals surface area (Å²) in [5.74, 6) is 0.240. The Kier molecular flexibility index (Phi) is 5.80. The number of hydrogen-bond acceptors (Lipinski definition) is 6. The molecule has 2 aromatic heterocycles. The van der Waals surface area contributed by atoms with Gasteiger partial charge in [0.25, 0.3) is 0 Å². The number of nitrogens with zero attached hydrogens (tertiary/aromatic N) is 2. The molecule has 0 amide bonds. The molecule has 0 unspecified atom stereocenters. The van der Waals surface area contributed by atoms with Crippen LogP contribution in [0.2, 0.25) is 0 Å². The highest BCUT2D eigenvalue weighted by molar-refractivity contribution is 5.88. The molecule has 0 aliphatic carbocycles. The molecule has 5 rings (SSSR count). The third-order valence-corrected chi connectivity index (χ3v) is 5.37. The number of nitrogens with one attached hydrogen (secondary N) is 1. The lowest BCUT2D eigenvalue weighted by atomic mass is 10.1. The number of aromatic nitrogens is 3. The average Bonchev–Trinajstić information content (AvgIpc) is 3.21. The number of halogens is 1. The Morgan fingerprint density at radius 1 is 1.00 bits per heavy atom. The predicted octanol–water partition coefficient (Wildman–Crippen LogP) is 4.94. The van der Waals surface area contributed by atoms with E-state index in [0.717, 1.165) is 22.4 Å². The highest BCUT2D eigenvalue weighted by atomic mass is 19.1. The number of fused-ring (bicyclic) bond motifs is 1. The van der Waals surface area contributed by atoms with Gasteiger partial charge in [-0.3, -0.25) is 4.98 Å². The minimum atomic E-state index is -0.713. The molecule has 3 aromatic carbocycles. The maximum absolute atomic E-state index is 14.9. The molecule has 2 N–H and O–H groups in total. The van der Waals surface area contributed by atoms with E-state index in [4.69, 9.17) is 14.2 Å². The Morgan fingerprint density at radius 2 is 1.83 bits per heavy atom. The second-order valence-electron chi connectivity index (χ2n) is 7.61. The van der Waals surface area contributed by atoms with E-state index in [9.17, 15) is 14.3 Å². The van der Waals surface area contributed by atoms with Crippen molar-refractivity contribution in [1.82, 2.24) is 14.5 Å². The SMILES string of the molecule is COc1cc2c(Oc3ccc(-n4c(O)c[nH]c4=O)cc3F)ccnc2cc1OCc1ccccc1. The minimum Gasteiger partial charge on any atom is -0.493 e. The van der Waals surface area contributed by atoms with Gasteiger partial charge in [0.1, 0.15) is 12.4 Å². The van der Waals surface area contributed by atoms with Gasteiger partial charge in [0.2, 0.25) is 5.88 Å². The quantitative estimate of drug-likeness (QED) is 0.348. The molecule has 35 heavy (non-hydrogen) atoms. The van der Waals surface area contributed by atoms with Crippen LogP contribution >= 0.6 is 0 Å². The van der Waals surface area contributed by atoms with Crippen LogP contribution in [0.4, 0.5) is 4.39 Å². The molecule has 2 heterocycles. The largest absolute Gasteiger partial charge is 0.493 e. The number of methoxy groups -OCH3 is 1. The van der Waals surface area contributed by atoms with Crippen molar-refractivity contribution < 1.29 is 23.7 Å². The standard InChI is InChI=1S/C26H20FN3O5/c1-33-23-12-18-20(13-24(23)34-15-16-5-3-2-4-6-16)28-10-9-21(18)35-22-8-7-17(11-19(22)27)30-25(31)14-29-26(30)32/h2-14,31H,15H2,1H3,(H,29,32). The van der Waals surface area contributed by atoms with E-state index in [1.165, 1.54) is 19.2 Å². The van der Waals surface area contributed by atoms with Crippen molar-refractivity contribution in [2.45, 2.75) is 6.61 Å². The fourth-order valence-electron chi connectivity index (χ4n) is 3.66. The van der Waals surface area contributed by atoms with Crippen molar-refractivity contribution in [2.75, 3.05) is 7.11 Å². The summed E-state index contributed by atoms with van der Waals surface area (Å²) in [5.41, 5.74) is 1.15. The fraction of sp³-hybridized carbons (Fsp3) is 0.0769. The van der Waals surface area contributed by atoms with Gasteiger partial charge in [0.15, 0.2) is 23.1 Å². The molecule has 9 heteroatoms. The lowest BCUT2D eigenvalue weighted by Gasteiger charge is -2.14. The summed E-state index contributed by atoms with van der Waals surface area (Å²) in [6.07, 6.45) is 2.67. The molecule has 0 aliphatic heterocycles. The van der Waals surface area contributed by atoms with Crippen molar-refractivity contribution in [2.24, 2.45) is 0 Å². The topological polar surface area (TPSA) is 98.6 Å². The van der Waals surface area contributed by atoms with Gasteiger partial charge in [0.05, 0.1) is 24.5 Å². The van der Waals surface area contributed by atoms with E-state index in [2.05, 4.69) is 9.97 Å². The summed E-state index contributed by atoms with van der Waals surface area (Å²) in [6, 6.07) is 18.8. The van der Waals surface area contributed by atoms with Gasteiger partial charge in [-0.15, -0.1) is 0 Å². The van der Waals surface area contributed by atoms with Crippen LogP contribution in [0.25, 0.3) is 16.6 Å². The Bertz CT molecular complexity index is 1560. The zero-order valence-corrected chi connectivity index (χ0v) is 18.6. The van der Waals surface area contributed by atoms with E-state index in [1.54, 1.807) is 24.4 Å². The summed E-state index contributed by atoms with van der Waals surface area (Å²) in [4.78, 5) is 18.6. The number of aromatic amines is 1. The second kappa shape index (κ2) is 9.22. The molecule has 0 bridgehead atoms.